The van der Waals surface area contributed by atoms with Gasteiger partial charge in [0.25, 0.3) is 0 Å². The van der Waals surface area contributed by atoms with Crippen molar-refractivity contribution in [2.75, 3.05) is 6.26 Å². The van der Waals surface area contributed by atoms with E-state index >= 15 is 0 Å². The van der Waals surface area contributed by atoms with E-state index < -0.39 is 9.84 Å². The van der Waals surface area contributed by atoms with Crippen molar-refractivity contribution in [1.82, 2.24) is 0 Å². The van der Waals surface area contributed by atoms with E-state index in [4.69, 9.17) is 0 Å². The molecule has 2 aromatic carbocycles. The van der Waals surface area contributed by atoms with Crippen LogP contribution < -0.4 is 0 Å². The van der Waals surface area contributed by atoms with Crippen LogP contribution in [-0.2, 0) is 9.84 Å². The van der Waals surface area contributed by atoms with Crippen LogP contribution in [-0.4, -0.2) is 14.7 Å². The number of thioether (sulfide) groups is 1. The maximum absolute atomic E-state index is 12.4. The van der Waals surface area contributed by atoms with Crippen molar-refractivity contribution in [3.05, 3.63) is 76.5 Å². The van der Waals surface area contributed by atoms with Crippen molar-refractivity contribution in [3.63, 3.8) is 0 Å². The van der Waals surface area contributed by atoms with Crippen LogP contribution in [0.3, 0.4) is 0 Å². The highest BCUT2D eigenvalue weighted by Gasteiger charge is 2.18. The second-order valence-corrected chi connectivity index (χ2v) is 7.14. The number of hydrogen-bond acceptors (Lipinski definition) is 3. The van der Waals surface area contributed by atoms with E-state index in [2.05, 4.69) is 11.8 Å². The van der Waals surface area contributed by atoms with E-state index in [1.807, 2.05) is 30.3 Å². The lowest BCUT2D eigenvalue weighted by Crippen LogP contribution is -2.01. The zero-order chi connectivity index (χ0) is 15.1. The molecular formula is C17H14O2S2. The average Bonchev–Trinajstić information content (AvgIpc) is 2.53. The Morgan fingerprint density at radius 2 is 1.57 bits per heavy atom. The summed E-state index contributed by atoms with van der Waals surface area (Å²) in [6.07, 6.45) is 3.19. The minimum Gasteiger partial charge on any atom is -0.218 e. The molecule has 0 radical (unpaired) electrons. The summed E-state index contributed by atoms with van der Waals surface area (Å²) >= 11 is 1.18. The fourth-order valence-corrected chi connectivity index (χ4v) is 3.97. The lowest BCUT2D eigenvalue weighted by molar-refractivity contribution is 0.604. The molecule has 106 valence electrons. The van der Waals surface area contributed by atoms with Crippen LogP contribution in [0.1, 0.15) is 5.56 Å². The molecule has 0 saturated carbocycles. The molecule has 21 heavy (non-hydrogen) atoms. The molecule has 0 spiro atoms. The van der Waals surface area contributed by atoms with Gasteiger partial charge in [-0.05, 0) is 30.5 Å². The lowest BCUT2D eigenvalue weighted by Gasteiger charge is -2.04. The topological polar surface area (TPSA) is 34.1 Å². The monoisotopic (exact) mass is 314 g/mol. The highest BCUT2D eigenvalue weighted by molar-refractivity contribution is 8.18. The van der Waals surface area contributed by atoms with Crippen molar-refractivity contribution in [2.45, 2.75) is 4.90 Å². The Kier molecular flexibility index (Phi) is 5.26. The van der Waals surface area contributed by atoms with Gasteiger partial charge < -0.3 is 0 Å². The maximum atomic E-state index is 12.4. The van der Waals surface area contributed by atoms with Gasteiger partial charge in [0.05, 0.1) is 4.90 Å². The van der Waals surface area contributed by atoms with E-state index in [1.165, 1.54) is 17.8 Å². The van der Waals surface area contributed by atoms with Gasteiger partial charge in [-0.3, -0.25) is 0 Å². The summed E-state index contributed by atoms with van der Waals surface area (Å²) < 4.78 is 25.1. The third kappa shape index (κ3) is 4.01. The van der Waals surface area contributed by atoms with Crippen molar-refractivity contribution < 1.29 is 8.42 Å². The number of hydrogen-bond donors (Lipinski definition) is 0. The quantitative estimate of drug-likeness (QED) is 0.810. The Hall–Kier alpha value is -1.96. The Balaban J connectivity index is 2.32. The molecular weight excluding hydrogens is 300 g/mol. The first-order chi connectivity index (χ1) is 10.1. The molecule has 0 aliphatic heterocycles. The first-order valence-corrected chi connectivity index (χ1v) is 8.96. The molecule has 0 fully saturated rings. The molecule has 0 bridgehead atoms. The van der Waals surface area contributed by atoms with Gasteiger partial charge in [-0.2, -0.15) is 0 Å². The molecule has 4 heteroatoms. The van der Waals surface area contributed by atoms with E-state index in [9.17, 15) is 8.42 Å². The lowest BCUT2D eigenvalue weighted by atomic mass is 10.2. The van der Waals surface area contributed by atoms with E-state index in [0.717, 1.165) is 5.56 Å². The summed E-state index contributed by atoms with van der Waals surface area (Å²) in [6.45, 7) is 0. The standard InChI is InChI=1S/C17H14O2S2/c1-20-17(14-8-11-15-9-4-2-5-10-15)21(18,19)16-12-6-3-7-13-16/h2-7,9-10,12-14H,1H3/b17-14+. The van der Waals surface area contributed by atoms with Gasteiger partial charge in [-0.15, -0.1) is 11.8 Å². The molecule has 0 aliphatic rings. The highest BCUT2D eigenvalue weighted by Crippen LogP contribution is 2.26. The first-order valence-electron chi connectivity index (χ1n) is 6.25. The van der Waals surface area contributed by atoms with Crippen LogP contribution in [0.2, 0.25) is 0 Å². The van der Waals surface area contributed by atoms with E-state index in [-0.39, 0.29) is 9.13 Å². The van der Waals surface area contributed by atoms with E-state index in [0.29, 0.717) is 0 Å². The number of sulfone groups is 1. The third-order valence-corrected chi connectivity index (χ3v) is 5.92. The molecule has 0 aliphatic carbocycles. The smallest absolute Gasteiger partial charge is 0.213 e. The zero-order valence-electron chi connectivity index (χ0n) is 11.5. The van der Waals surface area contributed by atoms with Crippen LogP contribution in [0.5, 0.6) is 0 Å². The van der Waals surface area contributed by atoms with Gasteiger partial charge >= 0.3 is 0 Å². The number of rotatable bonds is 3. The maximum Gasteiger partial charge on any atom is 0.213 e. The predicted octanol–water partition coefficient (Wildman–Crippen LogP) is 3.72. The molecule has 0 amide bonds. The fraction of sp³-hybridized carbons (Fsp3) is 0.0588. The van der Waals surface area contributed by atoms with E-state index in [1.54, 1.807) is 36.6 Å². The number of allylic oxidation sites excluding steroid dienone is 1. The Morgan fingerprint density at radius 3 is 2.14 bits per heavy atom. The Bertz CT molecular complexity index is 781. The van der Waals surface area contributed by atoms with Gasteiger partial charge in [0.2, 0.25) is 9.84 Å². The van der Waals surface area contributed by atoms with Crippen LogP contribution in [0.15, 0.2) is 75.9 Å². The van der Waals surface area contributed by atoms with Crippen molar-refractivity contribution >= 4 is 21.6 Å². The van der Waals surface area contributed by atoms with Crippen LogP contribution in [0.4, 0.5) is 0 Å². The predicted molar refractivity (Wildman–Crippen MR) is 88.5 cm³/mol. The zero-order valence-corrected chi connectivity index (χ0v) is 13.1. The average molecular weight is 314 g/mol. The normalized spacial score (nSPS) is 11.6. The second-order valence-electron chi connectivity index (χ2n) is 4.12. The van der Waals surface area contributed by atoms with Gasteiger partial charge in [-0.25, -0.2) is 8.42 Å². The molecule has 0 saturated heterocycles. The summed E-state index contributed by atoms with van der Waals surface area (Å²) in [7, 11) is -3.48. The van der Waals surface area contributed by atoms with Crippen molar-refractivity contribution in [3.8, 4) is 11.8 Å². The molecule has 0 unspecified atom stereocenters. The SMILES string of the molecule is CS/C(=C\C#Cc1ccccc1)S(=O)(=O)c1ccccc1. The summed E-state index contributed by atoms with van der Waals surface area (Å²) in [5.41, 5.74) is 0.853. The van der Waals surface area contributed by atoms with Gasteiger partial charge in [0, 0.05) is 11.6 Å². The third-order valence-electron chi connectivity index (χ3n) is 2.70. The molecule has 2 rings (SSSR count). The Labute approximate surface area is 129 Å². The molecule has 0 N–H and O–H groups in total. The largest absolute Gasteiger partial charge is 0.218 e. The molecule has 2 nitrogen and oxygen atoms in total. The fourth-order valence-electron chi connectivity index (χ4n) is 1.66. The second kappa shape index (κ2) is 7.16. The minimum absolute atomic E-state index is 0.247. The van der Waals surface area contributed by atoms with Crippen molar-refractivity contribution in [1.29, 1.82) is 0 Å². The summed E-state index contributed by atoms with van der Waals surface area (Å²) in [6, 6.07) is 17.8. The Morgan fingerprint density at radius 1 is 1.00 bits per heavy atom. The van der Waals surface area contributed by atoms with Gasteiger partial charge in [0.1, 0.15) is 4.24 Å². The van der Waals surface area contributed by atoms with Crippen LogP contribution in [0, 0.1) is 11.8 Å². The van der Waals surface area contributed by atoms with Crippen molar-refractivity contribution in [2.24, 2.45) is 0 Å². The first kappa shape index (κ1) is 15.4. The molecule has 0 heterocycles. The van der Waals surface area contributed by atoms with Gasteiger partial charge in [-0.1, -0.05) is 48.2 Å². The summed E-state index contributed by atoms with van der Waals surface area (Å²) in [4.78, 5) is 0.284. The highest BCUT2D eigenvalue weighted by atomic mass is 32.3. The number of benzene rings is 2. The van der Waals surface area contributed by atoms with Crippen LogP contribution >= 0.6 is 11.8 Å². The minimum atomic E-state index is -3.48. The van der Waals surface area contributed by atoms with Crippen LogP contribution in [0.25, 0.3) is 0 Å². The summed E-state index contributed by atoms with van der Waals surface area (Å²) in [5.74, 6) is 5.75. The molecule has 0 atom stereocenters. The van der Waals surface area contributed by atoms with Gasteiger partial charge in [0.15, 0.2) is 0 Å². The molecule has 2 aromatic rings. The molecule has 0 aromatic heterocycles. The summed E-state index contributed by atoms with van der Waals surface area (Å²) in [5, 5.41) is 0.